The molecule has 0 N–H and O–H groups in total. The first-order chi connectivity index (χ1) is 7.81. The van der Waals surface area contributed by atoms with E-state index in [-0.39, 0.29) is 0 Å². The van der Waals surface area contributed by atoms with Crippen LogP contribution >= 0.6 is 0 Å². The van der Waals surface area contributed by atoms with Crippen molar-refractivity contribution >= 4 is 6.08 Å². The zero-order valence-electron chi connectivity index (χ0n) is 8.54. The van der Waals surface area contributed by atoms with Crippen LogP contribution in [0.1, 0.15) is 5.56 Å². The molecule has 0 spiro atoms. The molecule has 0 saturated heterocycles. The molecule has 3 nitrogen and oxygen atoms in total. The Morgan fingerprint density at radius 2 is 1.56 bits per heavy atom. The molecule has 0 aliphatic rings. The SMILES string of the molecule is N#CC(C#N)[C@@H](C#N)/C=C\c1ccccc1. The minimum atomic E-state index is -0.912. The highest BCUT2D eigenvalue weighted by Gasteiger charge is 2.17. The molecule has 0 unspecified atom stereocenters. The molecule has 0 radical (unpaired) electrons. The van der Waals surface area contributed by atoms with E-state index in [1.54, 1.807) is 24.3 Å². The van der Waals surface area contributed by atoms with Gasteiger partial charge in [-0.25, -0.2) is 0 Å². The first-order valence-electron chi connectivity index (χ1n) is 4.74. The van der Waals surface area contributed by atoms with Gasteiger partial charge in [-0.3, -0.25) is 0 Å². The molecule has 16 heavy (non-hydrogen) atoms. The lowest BCUT2D eigenvalue weighted by molar-refractivity contribution is 0.717. The molecule has 0 bridgehead atoms. The van der Waals surface area contributed by atoms with Gasteiger partial charge >= 0.3 is 0 Å². The Morgan fingerprint density at radius 1 is 0.938 bits per heavy atom. The molecule has 1 rings (SSSR count). The molecule has 3 heteroatoms. The Hall–Kier alpha value is -2.57. The van der Waals surface area contributed by atoms with Crippen molar-refractivity contribution in [3.8, 4) is 18.2 Å². The van der Waals surface area contributed by atoms with Crippen molar-refractivity contribution in [2.75, 3.05) is 0 Å². The first-order valence-corrected chi connectivity index (χ1v) is 4.74. The summed E-state index contributed by atoms with van der Waals surface area (Å²) in [7, 11) is 0. The number of hydrogen-bond acceptors (Lipinski definition) is 3. The van der Waals surface area contributed by atoms with Crippen LogP contribution in [-0.4, -0.2) is 0 Å². The third kappa shape index (κ3) is 2.98. The monoisotopic (exact) mass is 207 g/mol. The second-order valence-corrected chi connectivity index (χ2v) is 3.16. The van der Waals surface area contributed by atoms with Crippen LogP contribution in [0.5, 0.6) is 0 Å². The number of nitrogens with zero attached hydrogens (tertiary/aromatic N) is 3. The summed E-state index contributed by atoms with van der Waals surface area (Å²) in [6.07, 6.45) is 3.34. The molecule has 0 fully saturated rings. The van der Waals surface area contributed by atoms with Crippen LogP contribution < -0.4 is 0 Å². The highest BCUT2D eigenvalue weighted by molar-refractivity contribution is 5.50. The maximum Gasteiger partial charge on any atom is 0.152 e. The number of allylic oxidation sites excluding steroid dienone is 1. The van der Waals surface area contributed by atoms with Gasteiger partial charge in [0.1, 0.15) is 0 Å². The van der Waals surface area contributed by atoms with Crippen LogP contribution in [0.15, 0.2) is 36.4 Å². The Morgan fingerprint density at radius 3 is 2.06 bits per heavy atom. The van der Waals surface area contributed by atoms with Crippen LogP contribution in [-0.2, 0) is 0 Å². The van der Waals surface area contributed by atoms with Crippen molar-refractivity contribution in [1.29, 1.82) is 15.8 Å². The zero-order valence-corrected chi connectivity index (χ0v) is 8.54. The van der Waals surface area contributed by atoms with Crippen molar-refractivity contribution in [3.05, 3.63) is 42.0 Å². The maximum absolute atomic E-state index is 8.83. The van der Waals surface area contributed by atoms with Crippen LogP contribution in [0.2, 0.25) is 0 Å². The molecule has 0 saturated carbocycles. The van der Waals surface area contributed by atoms with Crippen molar-refractivity contribution in [2.24, 2.45) is 11.8 Å². The third-order valence-corrected chi connectivity index (χ3v) is 2.08. The summed E-state index contributed by atoms with van der Waals surface area (Å²) in [4.78, 5) is 0. The average Bonchev–Trinajstić information content (AvgIpc) is 2.35. The summed E-state index contributed by atoms with van der Waals surface area (Å²) < 4.78 is 0. The largest absolute Gasteiger partial charge is 0.198 e. The Bertz CT molecular complexity index is 469. The highest BCUT2D eigenvalue weighted by Crippen LogP contribution is 2.13. The van der Waals surface area contributed by atoms with Gasteiger partial charge in [-0.15, -0.1) is 0 Å². The van der Waals surface area contributed by atoms with Crippen molar-refractivity contribution in [1.82, 2.24) is 0 Å². The lowest BCUT2D eigenvalue weighted by Crippen LogP contribution is -2.05. The zero-order chi connectivity index (χ0) is 11.8. The van der Waals surface area contributed by atoms with Crippen LogP contribution in [0.3, 0.4) is 0 Å². The van der Waals surface area contributed by atoms with E-state index in [9.17, 15) is 0 Å². The van der Waals surface area contributed by atoms with E-state index in [1.807, 2.05) is 36.4 Å². The van der Waals surface area contributed by atoms with Gasteiger partial charge in [-0.2, -0.15) is 15.8 Å². The van der Waals surface area contributed by atoms with E-state index in [1.165, 1.54) is 0 Å². The van der Waals surface area contributed by atoms with Gasteiger partial charge < -0.3 is 0 Å². The van der Waals surface area contributed by atoms with Gasteiger partial charge in [0.2, 0.25) is 0 Å². The fourth-order valence-electron chi connectivity index (χ4n) is 1.20. The van der Waals surface area contributed by atoms with Crippen LogP contribution in [0.25, 0.3) is 6.08 Å². The summed E-state index contributed by atoms with van der Waals surface area (Å²) in [5.41, 5.74) is 0.942. The third-order valence-electron chi connectivity index (χ3n) is 2.08. The average molecular weight is 207 g/mol. The van der Waals surface area contributed by atoms with E-state index >= 15 is 0 Å². The molecule has 1 aromatic rings. The van der Waals surface area contributed by atoms with Gasteiger partial charge in [0.25, 0.3) is 0 Å². The summed E-state index contributed by atoms with van der Waals surface area (Å²) >= 11 is 0. The van der Waals surface area contributed by atoms with E-state index in [2.05, 4.69) is 0 Å². The molecular weight excluding hydrogens is 198 g/mol. The minimum absolute atomic E-state index is 0.685. The topological polar surface area (TPSA) is 71.4 Å². The minimum Gasteiger partial charge on any atom is -0.198 e. The number of rotatable bonds is 3. The lowest BCUT2D eigenvalue weighted by Gasteiger charge is -2.01. The van der Waals surface area contributed by atoms with Crippen molar-refractivity contribution < 1.29 is 0 Å². The fraction of sp³-hybridized carbons (Fsp3) is 0.154. The fourth-order valence-corrected chi connectivity index (χ4v) is 1.20. The molecule has 1 atom stereocenters. The van der Waals surface area contributed by atoms with E-state index < -0.39 is 11.8 Å². The van der Waals surface area contributed by atoms with Gasteiger partial charge in [-0.05, 0) is 5.56 Å². The molecule has 76 valence electrons. The van der Waals surface area contributed by atoms with Crippen LogP contribution in [0, 0.1) is 45.8 Å². The Balaban J connectivity index is 2.81. The van der Waals surface area contributed by atoms with Gasteiger partial charge in [-0.1, -0.05) is 42.5 Å². The predicted molar refractivity (Wildman–Crippen MR) is 59.3 cm³/mol. The molecular formula is C13H9N3. The normalized spacial score (nSPS) is 11.6. The standard InChI is InChI=1S/C13H9N3/c14-8-12(13(9-15)10-16)7-6-11-4-2-1-3-5-11/h1-7,12-13H/b7-6-/t12-/m1/s1. The van der Waals surface area contributed by atoms with Crippen molar-refractivity contribution in [2.45, 2.75) is 0 Å². The summed E-state index contributed by atoms with van der Waals surface area (Å²) in [5, 5.41) is 26.2. The van der Waals surface area contributed by atoms with Gasteiger partial charge in [0, 0.05) is 0 Å². The molecule has 1 aromatic carbocycles. The van der Waals surface area contributed by atoms with Crippen LogP contribution in [0.4, 0.5) is 0 Å². The molecule has 0 aliphatic heterocycles. The predicted octanol–water partition coefficient (Wildman–Crippen LogP) is 2.50. The number of nitriles is 3. The second kappa shape index (κ2) is 6.02. The van der Waals surface area contributed by atoms with Crippen molar-refractivity contribution in [3.63, 3.8) is 0 Å². The smallest absolute Gasteiger partial charge is 0.152 e. The summed E-state index contributed by atoms with van der Waals surface area (Å²) in [6, 6.07) is 15.0. The van der Waals surface area contributed by atoms with Gasteiger partial charge in [0.05, 0.1) is 24.1 Å². The van der Waals surface area contributed by atoms with E-state index in [4.69, 9.17) is 15.8 Å². The number of benzene rings is 1. The summed E-state index contributed by atoms with van der Waals surface area (Å²) in [6.45, 7) is 0. The molecule has 0 aromatic heterocycles. The molecule has 0 aliphatic carbocycles. The highest BCUT2D eigenvalue weighted by atomic mass is 14.4. The molecule has 0 amide bonds. The Labute approximate surface area is 94.5 Å². The lowest BCUT2D eigenvalue weighted by atomic mass is 9.95. The molecule has 0 heterocycles. The number of hydrogen-bond donors (Lipinski definition) is 0. The maximum atomic E-state index is 8.83. The van der Waals surface area contributed by atoms with E-state index in [0.717, 1.165) is 5.56 Å². The van der Waals surface area contributed by atoms with Gasteiger partial charge in [0.15, 0.2) is 5.92 Å². The quantitative estimate of drug-likeness (QED) is 0.764. The second-order valence-electron chi connectivity index (χ2n) is 3.16. The van der Waals surface area contributed by atoms with E-state index in [0.29, 0.717) is 0 Å². The first kappa shape index (κ1) is 11.5. The Kier molecular flexibility index (Phi) is 4.33. The summed E-state index contributed by atoms with van der Waals surface area (Å²) in [5.74, 6) is -1.60.